The van der Waals surface area contributed by atoms with Crippen LogP contribution in [0.5, 0.6) is 5.75 Å². The van der Waals surface area contributed by atoms with E-state index in [2.05, 4.69) is 29.6 Å². The molecule has 2 aromatic carbocycles. The molecule has 1 aliphatic rings. The number of halogens is 2. The lowest BCUT2D eigenvalue weighted by atomic mass is 9.90. The van der Waals surface area contributed by atoms with Crippen molar-refractivity contribution in [3.8, 4) is 5.75 Å². The molecule has 1 aliphatic heterocycles. The van der Waals surface area contributed by atoms with E-state index in [0.717, 1.165) is 44.5 Å². The van der Waals surface area contributed by atoms with Crippen molar-refractivity contribution in [2.75, 3.05) is 26.2 Å². The van der Waals surface area contributed by atoms with Crippen LogP contribution in [0.15, 0.2) is 48.5 Å². The van der Waals surface area contributed by atoms with Crippen molar-refractivity contribution in [2.45, 2.75) is 19.3 Å². The smallest absolute Gasteiger partial charge is 0.317 e. The van der Waals surface area contributed by atoms with E-state index >= 15 is 0 Å². The zero-order valence-electron chi connectivity index (χ0n) is 15.2. The van der Waals surface area contributed by atoms with Crippen LogP contribution in [0.1, 0.15) is 18.4 Å². The molecule has 0 aliphatic carbocycles. The van der Waals surface area contributed by atoms with Crippen molar-refractivity contribution >= 4 is 6.03 Å². The third-order valence-electron chi connectivity index (χ3n) is 4.80. The lowest BCUT2D eigenvalue weighted by Gasteiger charge is -2.32. The normalized spacial score (nSPS) is 14.8. The molecule has 2 amide bonds. The maximum atomic E-state index is 13.5. The average molecular weight is 374 g/mol. The number of rotatable bonds is 6. The molecule has 6 heteroatoms. The van der Waals surface area contributed by atoms with Gasteiger partial charge in [-0.15, -0.1) is 0 Å². The summed E-state index contributed by atoms with van der Waals surface area (Å²) in [7, 11) is 0. The third kappa shape index (κ3) is 5.67. The van der Waals surface area contributed by atoms with Gasteiger partial charge in [0.15, 0.2) is 11.6 Å². The van der Waals surface area contributed by atoms with E-state index in [1.54, 1.807) is 4.90 Å². The van der Waals surface area contributed by atoms with Gasteiger partial charge in [0, 0.05) is 19.2 Å². The van der Waals surface area contributed by atoms with Crippen molar-refractivity contribution in [3.63, 3.8) is 0 Å². The molecule has 27 heavy (non-hydrogen) atoms. The van der Waals surface area contributed by atoms with Crippen LogP contribution in [0, 0.1) is 17.6 Å². The molecule has 0 unspecified atom stereocenters. The molecule has 1 heterocycles. The lowest BCUT2D eigenvalue weighted by molar-refractivity contribution is 0.168. The highest BCUT2D eigenvalue weighted by molar-refractivity contribution is 5.74. The van der Waals surface area contributed by atoms with Gasteiger partial charge in [-0.1, -0.05) is 30.3 Å². The Morgan fingerprint density at radius 3 is 2.56 bits per heavy atom. The molecule has 0 radical (unpaired) electrons. The minimum atomic E-state index is -0.748. The van der Waals surface area contributed by atoms with Crippen LogP contribution in [0.2, 0.25) is 0 Å². The van der Waals surface area contributed by atoms with E-state index < -0.39 is 11.6 Å². The van der Waals surface area contributed by atoms with Gasteiger partial charge in [0.05, 0.1) is 6.54 Å². The van der Waals surface area contributed by atoms with E-state index in [9.17, 15) is 13.6 Å². The largest absolute Gasteiger partial charge is 0.489 e. The molecular weight excluding hydrogens is 350 g/mol. The van der Waals surface area contributed by atoms with Gasteiger partial charge in [-0.2, -0.15) is 0 Å². The van der Waals surface area contributed by atoms with E-state index in [1.807, 2.05) is 6.07 Å². The van der Waals surface area contributed by atoms with Gasteiger partial charge in [-0.25, -0.2) is 13.6 Å². The molecule has 2 aromatic rings. The van der Waals surface area contributed by atoms with Crippen LogP contribution >= 0.6 is 0 Å². The van der Waals surface area contributed by atoms with Crippen LogP contribution in [0.4, 0.5) is 13.6 Å². The van der Waals surface area contributed by atoms with Crippen molar-refractivity contribution in [1.29, 1.82) is 0 Å². The minimum absolute atomic E-state index is 0.0209. The summed E-state index contributed by atoms with van der Waals surface area (Å²) >= 11 is 0. The standard InChI is InChI=1S/C21H24F2N2O2/c22-18-6-7-20(19(23)15-18)27-13-10-24-21(26)25-11-8-17(9-12-25)14-16-4-2-1-3-5-16/h1-7,15,17H,8-14H2,(H,24,26). The van der Waals surface area contributed by atoms with Crippen LogP contribution in [-0.2, 0) is 6.42 Å². The number of hydrogen-bond acceptors (Lipinski definition) is 2. The average Bonchev–Trinajstić information content (AvgIpc) is 2.68. The summed E-state index contributed by atoms with van der Waals surface area (Å²) in [5.74, 6) is -0.820. The first-order valence-corrected chi connectivity index (χ1v) is 9.26. The molecule has 0 aromatic heterocycles. The fourth-order valence-electron chi connectivity index (χ4n) is 3.31. The van der Waals surface area contributed by atoms with Gasteiger partial charge < -0.3 is 15.0 Å². The van der Waals surface area contributed by atoms with Crippen LogP contribution in [0.25, 0.3) is 0 Å². The monoisotopic (exact) mass is 374 g/mol. The van der Waals surface area contributed by atoms with Crippen molar-refractivity contribution < 1.29 is 18.3 Å². The second kappa shape index (κ2) is 9.35. The number of nitrogens with zero attached hydrogens (tertiary/aromatic N) is 1. The Balaban J connectivity index is 1.34. The number of benzene rings is 2. The summed E-state index contributed by atoms with van der Waals surface area (Å²) in [6, 6.07) is 13.4. The van der Waals surface area contributed by atoms with Gasteiger partial charge in [-0.05, 0) is 42.9 Å². The SMILES string of the molecule is O=C(NCCOc1ccc(F)cc1F)N1CCC(Cc2ccccc2)CC1. The first-order chi connectivity index (χ1) is 13.1. The highest BCUT2D eigenvalue weighted by atomic mass is 19.1. The summed E-state index contributed by atoms with van der Waals surface area (Å²) in [5.41, 5.74) is 1.34. The molecule has 3 rings (SSSR count). The Hall–Kier alpha value is -2.63. The quantitative estimate of drug-likeness (QED) is 0.777. The molecule has 0 bridgehead atoms. The van der Waals surface area contributed by atoms with Crippen LogP contribution in [0.3, 0.4) is 0 Å². The second-order valence-corrected chi connectivity index (χ2v) is 6.78. The molecule has 1 N–H and O–H groups in total. The second-order valence-electron chi connectivity index (χ2n) is 6.78. The molecule has 144 valence electrons. The number of hydrogen-bond donors (Lipinski definition) is 1. The van der Waals surface area contributed by atoms with Gasteiger partial charge in [0.2, 0.25) is 0 Å². The Morgan fingerprint density at radius 1 is 1.11 bits per heavy atom. The lowest BCUT2D eigenvalue weighted by Crippen LogP contribution is -2.45. The van der Waals surface area contributed by atoms with Crippen molar-refractivity contribution in [1.82, 2.24) is 10.2 Å². The molecule has 4 nitrogen and oxygen atoms in total. The maximum absolute atomic E-state index is 13.5. The van der Waals surface area contributed by atoms with Crippen molar-refractivity contribution in [3.05, 3.63) is 65.7 Å². The Bertz CT molecular complexity index is 747. The van der Waals surface area contributed by atoms with Crippen LogP contribution < -0.4 is 10.1 Å². The molecule has 0 spiro atoms. The zero-order valence-corrected chi connectivity index (χ0v) is 15.2. The summed E-state index contributed by atoms with van der Waals surface area (Å²) in [5, 5.41) is 2.78. The Kier molecular flexibility index (Phi) is 6.63. The highest BCUT2D eigenvalue weighted by Crippen LogP contribution is 2.21. The number of amides is 2. The van der Waals surface area contributed by atoms with E-state index in [0.29, 0.717) is 5.92 Å². The third-order valence-corrected chi connectivity index (χ3v) is 4.80. The predicted octanol–water partition coefficient (Wildman–Crippen LogP) is 4.01. The molecular formula is C21H24F2N2O2. The summed E-state index contributed by atoms with van der Waals surface area (Å²) in [4.78, 5) is 14.0. The van der Waals surface area contributed by atoms with Gasteiger partial charge in [-0.3, -0.25) is 0 Å². The number of carbonyl (C=O) groups excluding carboxylic acids is 1. The van der Waals surface area contributed by atoms with E-state index in [4.69, 9.17) is 4.74 Å². The summed E-state index contributed by atoms with van der Waals surface area (Å²) in [6.07, 6.45) is 3.02. The minimum Gasteiger partial charge on any atom is -0.489 e. The highest BCUT2D eigenvalue weighted by Gasteiger charge is 2.22. The fraction of sp³-hybridized carbons (Fsp3) is 0.381. The molecule has 0 saturated carbocycles. The maximum Gasteiger partial charge on any atom is 0.317 e. The predicted molar refractivity (Wildman–Crippen MR) is 99.7 cm³/mol. The number of ether oxygens (including phenoxy) is 1. The summed E-state index contributed by atoms with van der Waals surface area (Å²) in [6.45, 7) is 1.85. The fourth-order valence-corrected chi connectivity index (χ4v) is 3.31. The zero-order chi connectivity index (χ0) is 19.1. The number of carbonyl (C=O) groups is 1. The first kappa shape index (κ1) is 19.1. The number of likely N-dealkylation sites (tertiary alicyclic amines) is 1. The number of nitrogens with one attached hydrogen (secondary N) is 1. The Labute approximate surface area is 158 Å². The van der Waals surface area contributed by atoms with E-state index in [-0.39, 0.29) is 24.9 Å². The number of piperidine rings is 1. The first-order valence-electron chi connectivity index (χ1n) is 9.26. The Morgan fingerprint density at radius 2 is 1.85 bits per heavy atom. The van der Waals surface area contributed by atoms with Crippen molar-refractivity contribution in [2.24, 2.45) is 5.92 Å². The van der Waals surface area contributed by atoms with Crippen LogP contribution in [-0.4, -0.2) is 37.2 Å². The molecule has 1 saturated heterocycles. The van der Waals surface area contributed by atoms with Gasteiger partial charge in [0.1, 0.15) is 12.4 Å². The van der Waals surface area contributed by atoms with Gasteiger partial charge in [0.25, 0.3) is 0 Å². The van der Waals surface area contributed by atoms with E-state index in [1.165, 1.54) is 11.6 Å². The molecule has 0 atom stereocenters. The number of urea groups is 1. The summed E-state index contributed by atoms with van der Waals surface area (Å²) < 4.78 is 31.5. The van der Waals surface area contributed by atoms with Gasteiger partial charge >= 0.3 is 6.03 Å². The molecule has 1 fully saturated rings. The topological polar surface area (TPSA) is 41.6 Å².